The number of rotatable bonds is 4. The molecular formula is C17H11N7O2S. The van der Waals surface area contributed by atoms with Crippen LogP contribution in [0.5, 0.6) is 0 Å². The second kappa shape index (κ2) is 6.02. The van der Waals surface area contributed by atoms with Gasteiger partial charge in [0.15, 0.2) is 11.6 Å². The molecule has 0 saturated carbocycles. The van der Waals surface area contributed by atoms with E-state index in [1.54, 1.807) is 24.3 Å². The molecule has 0 saturated heterocycles. The maximum absolute atomic E-state index is 12.4. The number of hydrogen-bond donors (Lipinski definition) is 0. The number of thiophene rings is 1. The lowest BCUT2D eigenvalue weighted by molar-refractivity contribution is 0.0655. The van der Waals surface area contributed by atoms with Crippen molar-refractivity contribution in [2.45, 2.75) is 6.42 Å². The van der Waals surface area contributed by atoms with E-state index in [0.29, 0.717) is 29.2 Å². The summed E-state index contributed by atoms with van der Waals surface area (Å²) >= 11 is 1.50. The van der Waals surface area contributed by atoms with Crippen molar-refractivity contribution < 1.29 is 9.59 Å². The van der Waals surface area contributed by atoms with E-state index in [-0.39, 0.29) is 18.4 Å². The summed E-state index contributed by atoms with van der Waals surface area (Å²) < 4.78 is 0. The lowest BCUT2D eigenvalue weighted by atomic mass is 10.1. The van der Waals surface area contributed by atoms with E-state index in [2.05, 4.69) is 25.4 Å². The van der Waals surface area contributed by atoms with Gasteiger partial charge in [0, 0.05) is 13.0 Å². The Balaban J connectivity index is 1.36. The Bertz CT molecular complexity index is 1160. The normalized spacial score (nSPS) is 13.6. The lowest BCUT2D eigenvalue weighted by Gasteiger charge is -2.11. The van der Waals surface area contributed by atoms with E-state index >= 15 is 0 Å². The van der Waals surface area contributed by atoms with Crippen molar-refractivity contribution in [2.24, 2.45) is 0 Å². The van der Waals surface area contributed by atoms with Crippen molar-refractivity contribution in [1.82, 2.24) is 35.1 Å². The number of benzene rings is 1. The number of carbonyl (C=O) groups excluding carboxylic acids is 2. The molecule has 0 fully saturated rings. The first-order valence-electron chi connectivity index (χ1n) is 8.15. The standard InChI is InChI=1S/C17H11N7O2S/c25-16-10-3-1-2-4-11(10)17(26)23(16)7-5-13-20-22-24(21-13)14-12-6-8-27-15(12)19-9-18-14/h1-4,6,8-9H,5,7H2. The highest BCUT2D eigenvalue weighted by Gasteiger charge is 2.34. The molecular weight excluding hydrogens is 366 g/mol. The van der Waals surface area contributed by atoms with Gasteiger partial charge in [-0.2, -0.15) is 0 Å². The van der Waals surface area contributed by atoms with Gasteiger partial charge < -0.3 is 0 Å². The van der Waals surface area contributed by atoms with Gasteiger partial charge >= 0.3 is 0 Å². The number of nitrogens with zero attached hydrogens (tertiary/aromatic N) is 7. The molecule has 2 amide bonds. The zero-order valence-electron chi connectivity index (χ0n) is 13.8. The molecule has 0 unspecified atom stereocenters. The van der Waals surface area contributed by atoms with Gasteiger partial charge in [0.05, 0.1) is 16.5 Å². The minimum atomic E-state index is -0.293. The van der Waals surface area contributed by atoms with Crippen molar-refractivity contribution in [3.05, 3.63) is 59.0 Å². The average Bonchev–Trinajstić information content (AvgIpc) is 3.41. The zero-order valence-corrected chi connectivity index (χ0v) is 14.6. The van der Waals surface area contributed by atoms with E-state index in [1.165, 1.54) is 27.4 Å². The average molecular weight is 377 g/mol. The predicted molar refractivity (Wildman–Crippen MR) is 95.6 cm³/mol. The van der Waals surface area contributed by atoms with Gasteiger partial charge in [-0.15, -0.1) is 26.3 Å². The van der Waals surface area contributed by atoms with Crippen LogP contribution in [0.25, 0.3) is 16.0 Å². The molecule has 5 rings (SSSR count). The topological polar surface area (TPSA) is 107 Å². The Hall–Kier alpha value is -3.53. The molecule has 0 atom stereocenters. The van der Waals surface area contributed by atoms with Crippen molar-refractivity contribution in [3.8, 4) is 5.82 Å². The number of hydrogen-bond acceptors (Lipinski definition) is 8. The van der Waals surface area contributed by atoms with E-state index in [9.17, 15) is 9.59 Å². The van der Waals surface area contributed by atoms with Crippen LogP contribution in [-0.2, 0) is 6.42 Å². The van der Waals surface area contributed by atoms with Crippen LogP contribution >= 0.6 is 11.3 Å². The maximum Gasteiger partial charge on any atom is 0.261 e. The molecule has 0 radical (unpaired) electrons. The molecule has 4 heterocycles. The van der Waals surface area contributed by atoms with Crippen molar-refractivity contribution in [2.75, 3.05) is 6.54 Å². The van der Waals surface area contributed by atoms with Gasteiger partial charge in [-0.25, -0.2) is 9.97 Å². The van der Waals surface area contributed by atoms with Crippen molar-refractivity contribution in [3.63, 3.8) is 0 Å². The molecule has 132 valence electrons. The summed E-state index contributed by atoms with van der Waals surface area (Å²) in [6.07, 6.45) is 1.76. The van der Waals surface area contributed by atoms with E-state index in [4.69, 9.17) is 0 Å². The molecule has 0 N–H and O–H groups in total. The fraction of sp³-hybridized carbons (Fsp3) is 0.118. The molecule has 3 aromatic heterocycles. The highest BCUT2D eigenvalue weighted by atomic mass is 32.1. The van der Waals surface area contributed by atoms with Crippen LogP contribution in [0.2, 0.25) is 0 Å². The third-order valence-corrected chi connectivity index (χ3v) is 5.14. The predicted octanol–water partition coefficient (Wildman–Crippen LogP) is 1.51. The van der Waals surface area contributed by atoms with Crippen molar-refractivity contribution in [1.29, 1.82) is 0 Å². The van der Waals surface area contributed by atoms with Crippen LogP contribution in [-0.4, -0.2) is 53.4 Å². The van der Waals surface area contributed by atoms with Gasteiger partial charge in [0.25, 0.3) is 11.8 Å². The Labute approximate surface area is 156 Å². The molecule has 9 nitrogen and oxygen atoms in total. The molecule has 0 bridgehead atoms. The molecule has 27 heavy (non-hydrogen) atoms. The number of imide groups is 1. The van der Waals surface area contributed by atoms with Gasteiger partial charge in [0.2, 0.25) is 0 Å². The largest absolute Gasteiger partial charge is 0.274 e. The Morgan fingerprint density at radius 2 is 1.78 bits per heavy atom. The number of tetrazole rings is 1. The molecule has 4 aromatic rings. The highest BCUT2D eigenvalue weighted by molar-refractivity contribution is 7.16. The fourth-order valence-corrected chi connectivity index (χ4v) is 3.75. The van der Waals surface area contributed by atoms with E-state index < -0.39 is 0 Å². The number of amides is 2. The summed E-state index contributed by atoms with van der Waals surface area (Å²) in [5, 5.41) is 15.1. The van der Waals surface area contributed by atoms with Crippen molar-refractivity contribution >= 4 is 33.4 Å². The minimum Gasteiger partial charge on any atom is -0.274 e. The highest BCUT2D eigenvalue weighted by Crippen LogP contribution is 2.23. The summed E-state index contributed by atoms with van der Waals surface area (Å²) in [5.74, 6) is 0.381. The number of aromatic nitrogens is 6. The smallest absolute Gasteiger partial charge is 0.261 e. The number of fused-ring (bicyclic) bond motifs is 2. The Morgan fingerprint density at radius 3 is 2.56 bits per heavy atom. The summed E-state index contributed by atoms with van der Waals surface area (Å²) in [5.41, 5.74) is 0.861. The van der Waals surface area contributed by atoms with Crippen LogP contribution in [0.15, 0.2) is 42.0 Å². The monoisotopic (exact) mass is 377 g/mol. The molecule has 0 spiro atoms. The SMILES string of the molecule is O=C1c2ccccc2C(=O)N1CCc1nnn(-c2ncnc3sccc23)n1. The molecule has 10 heteroatoms. The van der Waals surface area contributed by atoms with E-state index in [1.807, 2.05) is 11.4 Å². The quantitative estimate of drug-likeness (QED) is 0.496. The van der Waals surface area contributed by atoms with Gasteiger partial charge in [-0.1, -0.05) is 12.1 Å². The maximum atomic E-state index is 12.4. The van der Waals surface area contributed by atoms with Gasteiger partial charge in [0.1, 0.15) is 11.2 Å². The molecule has 1 aromatic carbocycles. The molecule has 1 aliphatic rings. The van der Waals surface area contributed by atoms with Crippen LogP contribution in [0, 0.1) is 0 Å². The summed E-state index contributed by atoms with van der Waals surface area (Å²) in [7, 11) is 0. The molecule has 0 aliphatic carbocycles. The summed E-state index contributed by atoms with van der Waals surface area (Å²) in [4.78, 5) is 36.6. The molecule has 1 aliphatic heterocycles. The first-order valence-corrected chi connectivity index (χ1v) is 9.03. The third-order valence-electron chi connectivity index (χ3n) is 4.32. The second-order valence-corrected chi connectivity index (χ2v) is 6.78. The second-order valence-electron chi connectivity index (χ2n) is 5.89. The van der Waals surface area contributed by atoms with Crippen LogP contribution in [0.1, 0.15) is 26.5 Å². The Morgan fingerprint density at radius 1 is 1.00 bits per heavy atom. The Kier molecular flexibility index (Phi) is 3.50. The van der Waals surface area contributed by atoms with Gasteiger partial charge in [-0.3, -0.25) is 14.5 Å². The van der Waals surface area contributed by atoms with Crippen LogP contribution in [0.4, 0.5) is 0 Å². The summed E-state index contributed by atoms with van der Waals surface area (Å²) in [6, 6.07) is 8.70. The first kappa shape index (κ1) is 15.7. The zero-order chi connectivity index (χ0) is 18.4. The minimum absolute atomic E-state index is 0.190. The third kappa shape index (κ3) is 2.49. The first-order chi connectivity index (χ1) is 13.2. The van der Waals surface area contributed by atoms with E-state index in [0.717, 1.165) is 10.2 Å². The van der Waals surface area contributed by atoms with Crippen LogP contribution < -0.4 is 0 Å². The fourth-order valence-electron chi connectivity index (χ4n) is 3.02. The summed E-state index contributed by atoms with van der Waals surface area (Å²) in [6.45, 7) is 0.190. The lowest BCUT2D eigenvalue weighted by Crippen LogP contribution is -2.32. The van der Waals surface area contributed by atoms with Crippen LogP contribution in [0.3, 0.4) is 0 Å². The number of carbonyl (C=O) groups is 2. The van der Waals surface area contributed by atoms with Gasteiger partial charge in [-0.05, 0) is 28.8 Å².